The van der Waals surface area contributed by atoms with Crippen molar-refractivity contribution in [3.05, 3.63) is 35.9 Å². The van der Waals surface area contributed by atoms with Gasteiger partial charge in [-0.25, -0.2) is 4.79 Å². The minimum absolute atomic E-state index is 0.0406. The molecule has 1 aromatic carbocycles. The normalized spacial score (nSPS) is 25.6. The monoisotopic (exact) mass is 401 g/mol. The van der Waals surface area contributed by atoms with Crippen molar-refractivity contribution in [1.29, 1.82) is 5.26 Å². The molecule has 1 amide bonds. The fraction of sp³-hybridized carbons (Fsp3) is 0.636. The van der Waals surface area contributed by atoms with Crippen molar-refractivity contribution in [3.63, 3.8) is 0 Å². The number of hydrogen-bond donors (Lipinski definition) is 2. The molecule has 0 bridgehead atoms. The van der Waals surface area contributed by atoms with Crippen molar-refractivity contribution in [2.75, 3.05) is 26.2 Å². The third kappa shape index (κ3) is 3.97. The number of benzene rings is 1. The van der Waals surface area contributed by atoms with E-state index in [1.165, 1.54) is 4.90 Å². The third-order valence-electron chi connectivity index (χ3n) is 5.92. The highest BCUT2D eigenvalue weighted by molar-refractivity contribution is 5.70. The molecular weight excluding hydrogens is 370 g/mol. The minimum atomic E-state index is -1.37. The second-order valence-electron chi connectivity index (χ2n) is 9.10. The van der Waals surface area contributed by atoms with Crippen LogP contribution in [-0.2, 0) is 4.74 Å². The predicted octanol–water partition coefficient (Wildman–Crippen LogP) is 2.45. The molecule has 0 spiro atoms. The second kappa shape index (κ2) is 7.94. The van der Waals surface area contributed by atoms with Crippen molar-refractivity contribution in [2.24, 2.45) is 0 Å². The van der Waals surface area contributed by atoms with Gasteiger partial charge in [-0.3, -0.25) is 4.90 Å². The van der Waals surface area contributed by atoms with Crippen LogP contribution in [0.4, 0.5) is 4.79 Å². The summed E-state index contributed by atoms with van der Waals surface area (Å²) in [5.41, 5.74) is -2.26. The maximum Gasteiger partial charge on any atom is 0.410 e. The van der Waals surface area contributed by atoms with Crippen LogP contribution in [0.3, 0.4) is 0 Å². The highest BCUT2D eigenvalue weighted by Crippen LogP contribution is 2.46. The van der Waals surface area contributed by atoms with Gasteiger partial charge in [0.05, 0.1) is 31.8 Å². The van der Waals surface area contributed by atoms with E-state index in [0.717, 1.165) is 18.4 Å². The number of nitriles is 1. The van der Waals surface area contributed by atoms with E-state index in [1.54, 1.807) is 20.8 Å². The standard InChI is InChI=1S/C22H31N3O4/c1-20(2,3)29-19(27)24-15-22(28,16-24)21(14-23)11-7-8-12-25(21)18(13-26)17-9-5-4-6-10-17/h4-6,9-10,18,26,28H,7-8,11-13,15-16H2,1-3H3/t18-,21-/m1/s1. The zero-order valence-corrected chi connectivity index (χ0v) is 17.5. The first-order valence-corrected chi connectivity index (χ1v) is 10.2. The van der Waals surface area contributed by atoms with Gasteiger partial charge in [0.1, 0.15) is 16.7 Å². The Labute approximate surface area is 172 Å². The lowest BCUT2D eigenvalue weighted by Gasteiger charge is -2.59. The van der Waals surface area contributed by atoms with Crippen molar-refractivity contribution >= 4 is 6.09 Å². The first kappa shape index (κ1) is 21.6. The molecule has 7 nitrogen and oxygen atoms in total. The number of carbonyl (C=O) groups is 1. The molecule has 1 aromatic rings. The van der Waals surface area contributed by atoms with E-state index in [4.69, 9.17) is 4.74 Å². The molecule has 2 heterocycles. The molecule has 0 aromatic heterocycles. The Balaban J connectivity index is 1.86. The fourth-order valence-corrected chi connectivity index (χ4v) is 4.50. The van der Waals surface area contributed by atoms with Crippen LogP contribution in [0.2, 0.25) is 0 Å². The zero-order valence-electron chi connectivity index (χ0n) is 17.5. The van der Waals surface area contributed by atoms with Gasteiger partial charge in [0, 0.05) is 6.54 Å². The van der Waals surface area contributed by atoms with Crippen molar-refractivity contribution in [2.45, 2.75) is 62.8 Å². The van der Waals surface area contributed by atoms with Crippen molar-refractivity contribution in [3.8, 4) is 6.07 Å². The molecule has 2 fully saturated rings. The second-order valence-corrected chi connectivity index (χ2v) is 9.10. The average Bonchev–Trinajstić information content (AvgIpc) is 2.66. The first-order valence-electron chi connectivity index (χ1n) is 10.2. The van der Waals surface area contributed by atoms with Gasteiger partial charge < -0.3 is 19.8 Å². The van der Waals surface area contributed by atoms with E-state index in [-0.39, 0.29) is 19.7 Å². The van der Waals surface area contributed by atoms with E-state index >= 15 is 0 Å². The number of hydrogen-bond acceptors (Lipinski definition) is 6. The molecule has 0 unspecified atom stereocenters. The molecule has 7 heteroatoms. The third-order valence-corrected chi connectivity index (χ3v) is 5.92. The Morgan fingerprint density at radius 1 is 1.28 bits per heavy atom. The van der Waals surface area contributed by atoms with Crippen LogP contribution in [0.5, 0.6) is 0 Å². The predicted molar refractivity (Wildman–Crippen MR) is 108 cm³/mol. The van der Waals surface area contributed by atoms with Gasteiger partial charge in [0.2, 0.25) is 0 Å². The Bertz CT molecular complexity index is 765. The molecule has 0 saturated carbocycles. The van der Waals surface area contributed by atoms with Crippen LogP contribution in [-0.4, -0.2) is 69.1 Å². The van der Waals surface area contributed by atoms with E-state index in [0.29, 0.717) is 13.0 Å². The van der Waals surface area contributed by atoms with Gasteiger partial charge in [-0.05, 0) is 45.6 Å². The molecule has 158 valence electrons. The smallest absolute Gasteiger partial charge is 0.410 e. The van der Waals surface area contributed by atoms with E-state index in [2.05, 4.69) is 6.07 Å². The summed E-state index contributed by atoms with van der Waals surface area (Å²) in [7, 11) is 0. The Morgan fingerprint density at radius 2 is 1.93 bits per heavy atom. The van der Waals surface area contributed by atoms with Crippen molar-refractivity contribution in [1.82, 2.24) is 9.80 Å². The molecule has 2 atom stereocenters. The summed E-state index contributed by atoms with van der Waals surface area (Å²) in [4.78, 5) is 15.7. The molecule has 3 rings (SSSR count). The summed E-state index contributed by atoms with van der Waals surface area (Å²) < 4.78 is 5.39. The van der Waals surface area contributed by atoms with Gasteiger partial charge in [-0.15, -0.1) is 0 Å². The number of β-amino-alcohol motifs (C(OH)–C–C–N with tert-alkyl or cyclic N) is 1. The highest BCUT2D eigenvalue weighted by Gasteiger charge is 2.63. The number of carbonyl (C=O) groups excluding carboxylic acids is 1. The lowest BCUT2D eigenvalue weighted by molar-refractivity contribution is -0.186. The van der Waals surface area contributed by atoms with Crippen molar-refractivity contribution < 1.29 is 19.7 Å². The number of nitrogens with zero attached hydrogens (tertiary/aromatic N) is 3. The number of piperidine rings is 1. The largest absolute Gasteiger partial charge is 0.444 e. The van der Waals surface area contributed by atoms with Crippen LogP contribution in [0.25, 0.3) is 0 Å². The van der Waals surface area contributed by atoms with E-state index in [9.17, 15) is 20.3 Å². The van der Waals surface area contributed by atoms with Gasteiger partial charge in [-0.2, -0.15) is 5.26 Å². The number of aliphatic hydroxyl groups is 2. The maximum absolute atomic E-state index is 12.4. The van der Waals surface area contributed by atoms with Crippen LogP contribution < -0.4 is 0 Å². The summed E-state index contributed by atoms with van der Waals surface area (Å²) in [5.74, 6) is 0. The van der Waals surface area contributed by atoms with Gasteiger partial charge >= 0.3 is 6.09 Å². The van der Waals surface area contributed by atoms with E-state index < -0.39 is 28.9 Å². The molecule has 2 saturated heterocycles. The molecule has 2 N–H and O–H groups in total. The summed E-state index contributed by atoms with van der Waals surface area (Å²) >= 11 is 0. The fourth-order valence-electron chi connectivity index (χ4n) is 4.50. The summed E-state index contributed by atoms with van der Waals surface area (Å²) in [5, 5.41) is 31.9. The summed E-state index contributed by atoms with van der Waals surface area (Å²) in [6.07, 6.45) is 1.70. The lowest BCUT2D eigenvalue weighted by atomic mass is 9.68. The Kier molecular flexibility index (Phi) is 5.91. The van der Waals surface area contributed by atoms with E-state index in [1.807, 2.05) is 35.2 Å². The molecule has 0 radical (unpaired) electrons. The quantitative estimate of drug-likeness (QED) is 0.804. The minimum Gasteiger partial charge on any atom is -0.444 e. The number of ether oxygens (including phenoxy) is 1. The number of rotatable bonds is 4. The first-order chi connectivity index (χ1) is 13.7. The van der Waals surface area contributed by atoms with Gasteiger partial charge in [-0.1, -0.05) is 30.3 Å². The number of likely N-dealkylation sites (tertiary alicyclic amines) is 2. The Hall–Kier alpha value is -2.14. The van der Waals surface area contributed by atoms with Gasteiger partial charge in [0.15, 0.2) is 0 Å². The molecule has 0 aliphatic carbocycles. The zero-order chi connectivity index (χ0) is 21.3. The maximum atomic E-state index is 12.4. The molecule has 2 aliphatic heterocycles. The molecule has 2 aliphatic rings. The van der Waals surface area contributed by atoms with Crippen LogP contribution >= 0.6 is 0 Å². The lowest BCUT2D eigenvalue weighted by Crippen LogP contribution is -2.79. The summed E-state index contributed by atoms with van der Waals surface area (Å²) in [6, 6.07) is 11.6. The topological polar surface area (TPSA) is 97.0 Å². The number of aliphatic hydroxyl groups excluding tert-OH is 1. The molecule has 29 heavy (non-hydrogen) atoms. The average molecular weight is 402 g/mol. The van der Waals surface area contributed by atoms with Crippen LogP contribution in [0.15, 0.2) is 30.3 Å². The summed E-state index contributed by atoms with van der Waals surface area (Å²) in [6.45, 7) is 5.91. The van der Waals surface area contributed by atoms with Gasteiger partial charge in [0.25, 0.3) is 0 Å². The highest BCUT2D eigenvalue weighted by atomic mass is 16.6. The van der Waals surface area contributed by atoms with Crippen LogP contribution in [0.1, 0.15) is 51.6 Å². The Morgan fingerprint density at radius 3 is 2.48 bits per heavy atom. The van der Waals surface area contributed by atoms with Crippen LogP contribution in [0, 0.1) is 11.3 Å². The number of amides is 1. The molecular formula is C22H31N3O4. The SMILES string of the molecule is CC(C)(C)OC(=O)N1CC(O)([C@]2(C#N)CCCCN2[C@H](CO)c2ccccc2)C1.